The Balaban J connectivity index is 1.30. The predicted molar refractivity (Wildman–Crippen MR) is 296 cm³/mol. The average Bonchev–Trinajstić information content (AvgIpc) is 3.44. The highest BCUT2D eigenvalue weighted by atomic mass is 16.7. The van der Waals surface area contributed by atoms with Crippen molar-refractivity contribution < 1.29 is 48.6 Å². The molecule has 406 valence electrons. The summed E-state index contributed by atoms with van der Waals surface area (Å²) in [5.74, 6) is -0.219. The van der Waals surface area contributed by atoms with Crippen molar-refractivity contribution in [2.75, 3.05) is 52.8 Å². The highest BCUT2D eigenvalue weighted by Gasteiger charge is 2.65. The van der Waals surface area contributed by atoms with Crippen molar-refractivity contribution in [3.63, 3.8) is 0 Å². The normalized spacial score (nSPS) is 21.1. The van der Waals surface area contributed by atoms with Crippen molar-refractivity contribution in [1.29, 1.82) is 0 Å². The van der Waals surface area contributed by atoms with Crippen molar-refractivity contribution in [1.82, 2.24) is 4.90 Å². The third-order valence-electron chi connectivity index (χ3n) is 15.1. The van der Waals surface area contributed by atoms with Gasteiger partial charge in [0.2, 0.25) is 5.79 Å². The van der Waals surface area contributed by atoms with E-state index in [0.29, 0.717) is 35.8 Å². The standard InChI is InChI=1S/C63H84N2O10/c1-3-5-6-7-8-9-10-11-12-23-41-71-62(69)65(36-42-70-43-39-68)59-46-57(64-73-47-48-24-15-13-16-25-48)55-44-51(28-19-21-37-66)54(29-20-22-38-67)60-56-45-53(34-35-58(56)75-63(59,61(55)60)72-40-4-2)74-52-32-30-50(31-33-52)49-26-17-14-18-27-49/h4,13-18,24-27,30-35,44-45,51,54,59-61,66-68H,2-3,5-12,19-23,28-29,36-43,46-47H2,1H3/t51-,54+,59-,60+,61+,63+/m0/s1. The molecule has 0 saturated heterocycles. The Labute approximate surface area is 446 Å². The van der Waals surface area contributed by atoms with Crippen LogP contribution in [0.2, 0.25) is 0 Å². The van der Waals surface area contributed by atoms with E-state index < -0.39 is 23.8 Å². The number of amides is 1. The number of aliphatic hydroxyl groups excluding tert-OH is 3. The molecule has 7 rings (SSSR count). The minimum absolute atomic E-state index is 0.0219. The van der Waals surface area contributed by atoms with Crippen LogP contribution in [0.4, 0.5) is 4.79 Å². The SMILES string of the molecule is C=CCO[C@@]12Oc3ccc(Oc4ccc(-c5ccccc5)cc4)cc3[C@H]3[C@H](CCCCO)[C@@H](CCCCO)C=C(C(=NOCc4ccccc4)C[C@@H]1N(CCOCCO)C(=O)OCCCCCCCCCCCC)[C@H]32. The van der Waals surface area contributed by atoms with Gasteiger partial charge in [0.25, 0.3) is 0 Å². The Hall–Kier alpha value is -5.50. The van der Waals surface area contributed by atoms with Crippen LogP contribution in [-0.4, -0.2) is 96.6 Å². The van der Waals surface area contributed by atoms with Crippen molar-refractivity contribution in [3.05, 3.63) is 139 Å². The molecule has 0 radical (unpaired) electrons. The van der Waals surface area contributed by atoms with Gasteiger partial charge < -0.3 is 43.8 Å². The van der Waals surface area contributed by atoms with Crippen LogP contribution < -0.4 is 9.47 Å². The Morgan fingerprint density at radius 1 is 0.747 bits per heavy atom. The van der Waals surface area contributed by atoms with Gasteiger partial charge in [-0.1, -0.05) is 168 Å². The van der Waals surface area contributed by atoms with Gasteiger partial charge in [0, 0.05) is 37.7 Å². The van der Waals surface area contributed by atoms with Gasteiger partial charge in [-0.25, -0.2) is 4.79 Å². The van der Waals surface area contributed by atoms with Gasteiger partial charge in [0.05, 0.1) is 44.7 Å². The fourth-order valence-electron chi connectivity index (χ4n) is 11.5. The van der Waals surface area contributed by atoms with Crippen molar-refractivity contribution in [2.45, 2.75) is 140 Å². The molecule has 0 bridgehead atoms. The molecule has 2 aliphatic carbocycles. The first kappa shape index (κ1) is 57.2. The molecule has 1 heterocycles. The van der Waals surface area contributed by atoms with Crippen LogP contribution in [0, 0.1) is 17.8 Å². The number of allylic oxidation sites excluding steroid dienone is 1. The second kappa shape index (κ2) is 30.9. The zero-order valence-electron chi connectivity index (χ0n) is 44.5. The van der Waals surface area contributed by atoms with Gasteiger partial charge in [0.1, 0.15) is 29.9 Å². The monoisotopic (exact) mass is 1030 g/mol. The van der Waals surface area contributed by atoms with Gasteiger partial charge in [-0.15, -0.1) is 6.58 Å². The highest BCUT2D eigenvalue weighted by Crippen LogP contribution is 2.62. The molecule has 1 amide bonds. The topological polar surface area (TPSA) is 149 Å². The Bertz CT molecular complexity index is 2360. The van der Waals surface area contributed by atoms with Crippen LogP contribution in [0.1, 0.15) is 133 Å². The van der Waals surface area contributed by atoms with E-state index in [0.717, 1.165) is 72.8 Å². The lowest BCUT2D eigenvalue weighted by Crippen LogP contribution is -2.70. The summed E-state index contributed by atoms with van der Waals surface area (Å²) in [6.45, 7) is 7.36. The smallest absolute Gasteiger partial charge is 0.410 e. The van der Waals surface area contributed by atoms with Gasteiger partial charge in [0.15, 0.2) is 0 Å². The molecule has 3 aliphatic rings. The molecule has 6 atom stereocenters. The molecular weight excluding hydrogens is 945 g/mol. The van der Waals surface area contributed by atoms with Crippen LogP contribution in [0.3, 0.4) is 0 Å². The lowest BCUT2D eigenvalue weighted by Gasteiger charge is -2.59. The number of unbranched alkanes of at least 4 members (excludes halogenated alkanes) is 11. The summed E-state index contributed by atoms with van der Waals surface area (Å²) in [5, 5.41) is 34.9. The third kappa shape index (κ3) is 15.8. The molecular formula is C63H84N2O10. The number of carbonyl (C=O) groups excluding carboxylic acids is 1. The van der Waals surface area contributed by atoms with E-state index in [2.05, 4.69) is 49.9 Å². The maximum Gasteiger partial charge on any atom is 0.410 e. The summed E-state index contributed by atoms with van der Waals surface area (Å²) in [7, 11) is 0. The number of hydrogen-bond acceptors (Lipinski definition) is 11. The third-order valence-corrected chi connectivity index (χ3v) is 15.1. The number of ether oxygens (including phenoxy) is 5. The fraction of sp³-hybridized carbons (Fsp3) is 0.524. The van der Waals surface area contributed by atoms with Gasteiger partial charge >= 0.3 is 6.09 Å². The number of hydrogen-bond donors (Lipinski definition) is 3. The van der Waals surface area contributed by atoms with Crippen LogP contribution in [0.25, 0.3) is 11.1 Å². The molecule has 4 aromatic rings. The van der Waals surface area contributed by atoms with Crippen LogP contribution in [0.15, 0.2) is 133 Å². The molecule has 0 aromatic heterocycles. The van der Waals surface area contributed by atoms with E-state index in [4.69, 9.17) is 33.7 Å². The van der Waals surface area contributed by atoms with Crippen LogP contribution in [0.5, 0.6) is 17.2 Å². The van der Waals surface area contributed by atoms with Crippen molar-refractivity contribution in [2.24, 2.45) is 22.9 Å². The number of oxime groups is 1. The summed E-state index contributed by atoms with van der Waals surface area (Å²) in [5.41, 5.74) is 5.75. The first-order valence-corrected chi connectivity index (χ1v) is 28.1. The average molecular weight is 1030 g/mol. The summed E-state index contributed by atoms with van der Waals surface area (Å²) in [6, 6.07) is 33.5. The molecule has 75 heavy (non-hydrogen) atoms. The molecule has 12 nitrogen and oxygen atoms in total. The zero-order chi connectivity index (χ0) is 52.5. The van der Waals surface area contributed by atoms with Gasteiger partial charge in [-0.05, 0) is 96.5 Å². The van der Waals surface area contributed by atoms with Gasteiger partial charge in [-0.2, -0.15) is 0 Å². The molecule has 1 saturated carbocycles. The lowest BCUT2D eigenvalue weighted by atomic mass is 9.55. The maximum absolute atomic E-state index is 14.9. The number of aliphatic hydroxyl groups is 3. The maximum atomic E-state index is 14.9. The zero-order valence-corrected chi connectivity index (χ0v) is 44.5. The van der Waals surface area contributed by atoms with E-state index in [1.807, 2.05) is 72.8 Å². The van der Waals surface area contributed by atoms with Crippen molar-refractivity contribution >= 4 is 11.8 Å². The second-order valence-electron chi connectivity index (χ2n) is 20.3. The van der Waals surface area contributed by atoms with Gasteiger partial charge in [-0.3, -0.25) is 4.90 Å². The highest BCUT2D eigenvalue weighted by molar-refractivity contribution is 6.03. The fourth-order valence-corrected chi connectivity index (χ4v) is 11.5. The van der Waals surface area contributed by atoms with E-state index in [9.17, 15) is 20.1 Å². The Morgan fingerprint density at radius 2 is 1.41 bits per heavy atom. The summed E-state index contributed by atoms with van der Waals surface area (Å²) >= 11 is 0. The molecule has 1 fully saturated rings. The number of benzene rings is 4. The molecule has 12 heteroatoms. The summed E-state index contributed by atoms with van der Waals surface area (Å²) < 4.78 is 33.5. The first-order valence-electron chi connectivity index (χ1n) is 28.1. The number of carbonyl (C=O) groups is 1. The molecule has 4 aromatic carbocycles. The lowest BCUT2D eigenvalue weighted by molar-refractivity contribution is -0.256. The first-order chi connectivity index (χ1) is 36.9. The molecule has 0 unspecified atom stereocenters. The minimum Gasteiger partial charge on any atom is -0.459 e. The molecule has 1 aliphatic heterocycles. The van der Waals surface area contributed by atoms with E-state index in [1.165, 1.54) is 44.9 Å². The Kier molecular flexibility index (Phi) is 23.6. The van der Waals surface area contributed by atoms with Crippen LogP contribution >= 0.6 is 0 Å². The molecule has 3 N–H and O–H groups in total. The van der Waals surface area contributed by atoms with E-state index in [1.54, 1.807) is 11.0 Å². The number of fused-ring (bicyclic) bond motifs is 2. The van der Waals surface area contributed by atoms with E-state index in [-0.39, 0.29) is 83.6 Å². The van der Waals surface area contributed by atoms with Crippen molar-refractivity contribution in [3.8, 4) is 28.4 Å². The van der Waals surface area contributed by atoms with Crippen LogP contribution in [-0.2, 0) is 25.7 Å². The minimum atomic E-state index is -1.48. The quantitative estimate of drug-likeness (QED) is 0.0235. The predicted octanol–water partition coefficient (Wildman–Crippen LogP) is 13.3. The largest absolute Gasteiger partial charge is 0.459 e. The Morgan fingerprint density at radius 3 is 2.11 bits per heavy atom. The second-order valence-corrected chi connectivity index (χ2v) is 20.3. The van der Waals surface area contributed by atoms with E-state index >= 15 is 0 Å². The summed E-state index contributed by atoms with van der Waals surface area (Å²) in [6.07, 6.45) is 19.9. The number of rotatable bonds is 34. The number of nitrogens with zero attached hydrogens (tertiary/aromatic N) is 2. The molecule has 0 spiro atoms. The summed E-state index contributed by atoms with van der Waals surface area (Å²) in [4.78, 5) is 22.9.